The number of carbonyl (C=O) groups is 2. The van der Waals surface area contributed by atoms with E-state index in [1.165, 1.54) is 13.2 Å². The first-order valence-corrected chi connectivity index (χ1v) is 9.69. The Hall–Kier alpha value is -3.81. The Kier molecular flexibility index (Phi) is 6.92. The first-order chi connectivity index (χ1) is 14.9. The summed E-state index contributed by atoms with van der Waals surface area (Å²) in [6.45, 7) is 4.28. The van der Waals surface area contributed by atoms with Crippen LogP contribution in [0.2, 0.25) is 0 Å². The molecular weight excluding hydrogens is 400 g/mol. The van der Waals surface area contributed by atoms with Gasteiger partial charge >= 0.3 is 5.97 Å². The van der Waals surface area contributed by atoms with Gasteiger partial charge in [-0.1, -0.05) is 19.0 Å². The molecule has 0 saturated carbocycles. The largest absolute Gasteiger partial charge is 0.493 e. The molecule has 0 aliphatic rings. The summed E-state index contributed by atoms with van der Waals surface area (Å²) in [6, 6.07) is 13.2. The Morgan fingerprint density at radius 1 is 1.00 bits per heavy atom. The summed E-state index contributed by atoms with van der Waals surface area (Å²) in [5, 5.41) is 6.56. The van der Waals surface area contributed by atoms with Crippen LogP contribution in [0.5, 0.6) is 11.5 Å². The van der Waals surface area contributed by atoms with Gasteiger partial charge in [0.25, 0.3) is 5.91 Å². The van der Waals surface area contributed by atoms with Gasteiger partial charge in [-0.15, -0.1) is 0 Å². The van der Waals surface area contributed by atoms with Crippen molar-refractivity contribution in [2.24, 2.45) is 5.92 Å². The van der Waals surface area contributed by atoms with Gasteiger partial charge in [0, 0.05) is 17.3 Å². The number of hydrogen-bond donors (Lipinski definition) is 1. The van der Waals surface area contributed by atoms with Gasteiger partial charge < -0.3 is 24.1 Å². The Bertz CT molecular complexity index is 1060. The molecule has 0 fully saturated rings. The van der Waals surface area contributed by atoms with Crippen LogP contribution in [0.1, 0.15) is 34.7 Å². The van der Waals surface area contributed by atoms with E-state index in [9.17, 15) is 9.59 Å². The van der Waals surface area contributed by atoms with Crippen LogP contribution < -0.4 is 14.8 Å². The van der Waals surface area contributed by atoms with Crippen molar-refractivity contribution in [3.8, 4) is 22.8 Å². The van der Waals surface area contributed by atoms with Gasteiger partial charge in [0.1, 0.15) is 0 Å². The van der Waals surface area contributed by atoms with Crippen LogP contribution in [0.25, 0.3) is 11.3 Å². The molecule has 1 N–H and O–H groups in total. The number of ether oxygens (including phenoxy) is 3. The third-order valence-corrected chi connectivity index (χ3v) is 4.34. The minimum absolute atomic E-state index is 0.116. The van der Waals surface area contributed by atoms with Crippen LogP contribution in [0, 0.1) is 5.92 Å². The van der Waals surface area contributed by atoms with Gasteiger partial charge in [-0.05, 0) is 48.4 Å². The molecule has 0 spiro atoms. The van der Waals surface area contributed by atoms with Crippen molar-refractivity contribution in [1.82, 2.24) is 5.16 Å². The highest BCUT2D eigenvalue weighted by molar-refractivity contribution is 6.03. The quantitative estimate of drug-likeness (QED) is 0.534. The Morgan fingerprint density at radius 3 is 2.35 bits per heavy atom. The van der Waals surface area contributed by atoms with Crippen molar-refractivity contribution in [2.75, 3.05) is 26.1 Å². The maximum absolute atomic E-state index is 12.5. The zero-order valence-corrected chi connectivity index (χ0v) is 17.8. The van der Waals surface area contributed by atoms with Gasteiger partial charge in [-0.3, -0.25) is 4.79 Å². The molecular formula is C23H24N2O6. The molecule has 1 heterocycles. The van der Waals surface area contributed by atoms with Crippen LogP contribution >= 0.6 is 0 Å². The lowest BCUT2D eigenvalue weighted by molar-refractivity contribution is 0.0459. The number of anilines is 1. The van der Waals surface area contributed by atoms with E-state index in [-0.39, 0.29) is 11.6 Å². The fraction of sp³-hybridized carbons (Fsp3) is 0.261. The Balaban J connectivity index is 1.67. The summed E-state index contributed by atoms with van der Waals surface area (Å²) >= 11 is 0. The standard InChI is InChI=1S/C23H24N2O6/c1-14(2)13-30-23(27)15-5-8-17(9-6-15)24-22(26)18-12-20(31-25-18)16-7-10-19(28-3)21(11-16)29-4/h5-12,14H,13H2,1-4H3,(H,24,26). The summed E-state index contributed by atoms with van der Waals surface area (Å²) in [6.07, 6.45) is 0. The smallest absolute Gasteiger partial charge is 0.338 e. The molecule has 0 radical (unpaired) electrons. The fourth-order valence-electron chi connectivity index (χ4n) is 2.72. The van der Waals surface area contributed by atoms with Crippen LogP contribution in [0.3, 0.4) is 0 Å². The van der Waals surface area contributed by atoms with Crippen LogP contribution in [0.4, 0.5) is 5.69 Å². The molecule has 0 aliphatic heterocycles. The van der Waals surface area contributed by atoms with Crippen LogP contribution in [-0.2, 0) is 4.74 Å². The number of aromatic nitrogens is 1. The van der Waals surface area contributed by atoms with E-state index >= 15 is 0 Å². The lowest BCUT2D eigenvalue weighted by Gasteiger charge is -2.08. The van der Waals surface area contributed by atoms with E-state index in [4.69, 9.17) is 18.7 Å². The molecule has 8 nitrogen and oxygen atoms in total. The van der Waals surface area contributed by atoms with Crippen LogP contribution in [-0.4, -0.2) is 37.9 Å². The number of carbonyl (C=O) groups excluding carboxylic acids is 2. The summed E-state index contributed by atoms with van der Waals surface area (Å²) in [4.78, 5) is 24.5. The summed E-state index contributed by atoms with van der Waals surface area (Å²) < 4.78 is 21.0. The Morgan fingerprint density at radius 2 is 1.71 bits per heavy atom. The van der Waals surface area contributed by atoms with Crippen molar-refractivity contribution >= 4 is 17.6 Å². The lowest BCUT2D eigenvalue weighted by Crippen LogP contribution is -2.13. The maximum atomic E-state index is 12.5. The number of methoxy groups -OCH3 is 2. The zero-order valence-electron chi connectivity index (χ0n) is 17.8. The van der Waals surface area contributed by atoms with Gasteiger partial charge in [-0.25, -0.2) is 4.79 Å². The monoisotopic (exact) mass is 424 g/mol. The van der Waals surface area contributed by atoms with E-state index in [0.717, 1.165) is 0 Å². The van der Waals surface area contributed by atoms with E-state index < -0.39 is 11.9 Å². The molecule has 0 saturated heterocycles. The molecule has 0 bridgehead atoms. The molecule has 162 valence electrons. The van der Waals surface area contributed by atoms with Crippen molar-refractivity contribution in [3.05, 3.63) is 59.8 Å². The number of rotatable bonds is 8. The van der Waals surface area contributed by atoms with Gasteiger partial charge in [0.05, 0.1) is 26.4 Å². The van der Waals surface area contributed by atoms with E-state index in [2.05, 4.69) is 10.5 Å². The molecule has 1 aromatic heterocycles. The second kappa shape index (κ2) is 9.80. The third-order valence-electron chi connectivity index (χ3n) is 4.34. The van der Waals surface area contributed by atoms with Gasteiger partial charge in [0.2, 0.25) is 0 Å². The fourth-order valence-corrected chi connectivity index (χ4v) is 2.72. The van der Waals surface area contributed by atoms with Crippen molar-refractivity contribution < 1.29 is 28.3 Å². The first-order valence-electron chi connectivity index (χ1n) is 9.69. The number of hydrogen-bond acceptors (Lipinski definition) is 7. The highest BCUT2D eigenvalue weighted by Crippen LogP contribution is 2.32. The summed E-state index contributed by atoms with van der Waals surface area (Å²) in [5.74, 6) is 0.950. The van der Waals surface area contributed by atoms with Crippen molar-refractivity contribution in [2.45, 2.75) is 13.8 Å². The minimum Gasteiger partial charge on any atom is -0.493 e. The number of nitrogens with zero attached hydrogens (tertiary/aromatic N) is 1. The predicted octanol–water partition coefficient (Wildman–Crippen LogP) is 4.42. The molecule has 3 rings (SSSR count). The first kappa shape index (κ1) is 21.9. The molecule has 1 amide bonds. The molecule has 3 aromatic rings. The second-order valence-electron chi connectivity index (χ2n) is 7.17. The number of esters is 1. The minimum atomic E-state index is -0.439. The SMILES string of the molecule is COc1ccc(-c2cc(C(=O)Nc3ccc(C(=O)OCC(C)C)cc3)no2)cc1OC. The van der Waals surface area contributed by atoms with E-state index in [1.54, 1.807) is 49.6 Å². The van der Waals surface area contributed by atoms with Crippen molar-refractivity contribution in [3.63, 3.8) is 0 Å². The maximum Gasteiger partial charge on any atom is 0.338 e. The molecule has 31 heavy (non-hydrogen) atoms. The second-order valence-corrected chi connectivity index (χ2v) is 7.17. The lowest BCUT2D eigenvalue weighted by atomic mass is 10.1. The number of benzene rings is 2. The topological polar surface area (TPSA) is 99.9 Å². The van der Waals surface area contributed by atoms with Crippen LogP contribution in [0.15, 0.2) is 53.1 Å². The van der Waals surface area contributed by atoms with Gasteiger partial charge in [-0.2, -0.15) is 0 Å². The average molecular weight is 424 g/mol. The number of nitrogens with one attached hydrogen (secondary N) is 1. The normalized spacial score (nSPS) is 10.6. The highest BCUT2D eigenvalue weighted by atomic mass is 16.5. The predicted molar refractivity (Wildman–Crippen MR) is 115 cm³/mol. The average Bonchev–Trinajstić information content (AvgIpc) is 3.28. The van der Waals surface area contributed by atoms with E-state index in [1.807, 2.05) is 13.8 Å². The summed E-state index contributed by atoms with van der Waals surface area (Å²) in [5.41, 5.74) is 1.73. The Labute approximate surface area is 180 Å². The molecule has 0 unspecified atom stereocenters. The molecule has 8 heteroatoms. The zero-order chi connectivity index (χ0) is 22.4. The highest BCUT2D eigenvalue weighted by Gasteiger charge is 2.16. The van der Waals surface area contributed by atoms with Gasteiger partial charge in [0.15, 0.2) is 23.0 Å². The molecule has 2 aromatic carbocycles. The third kappa shape index (κ3) is 5.42. The molecule has 0 aliphatic carbocycles. The van der Waals surface area contributed by atoms with E-state index in [0.29, 0.717) is 40.7 Å². The summed E-state index contributed by atoms with van der Waals surface area (Å²) in [7, 11) is 3.09. The number of amides is 1. The molecule has 0 atom stereocenters. The van der Waals surface area contributed by atoms with Crippen molar-refractivity contribution in [1.29, 1.82) is 0 Å².